The molecule has 0 fully saturated rings. The first-order valence-corrected chi connectivity index (χ1v) is 12.0. The lowest BCUT2D eigenvalue weighted by Gasteiger charge is -2.42. The molecule has 8 heteroatoms. The summed E-state index contributed by atoms with van der Waals surface area (Å²) in [7, 11) is 0. The summed E-state index contributed by atoms with van der Waals surface area (Å²) in [6.07, 6.45) is -0.833. The highest BCUT2D eigenvalue weighted by Crippen LogP contribution is 2.32. The molecule has 0 heterocycles. The molecule has 0 aliphatic rings. The molecule has 2 rings (SSSR count). The molecule has 0 aromatic heterocycles. The third-order valence-corrected chi connectivity index (χ3v) is 5.48. The van der Waals surface area contributed by atoms with E-state index in [1.807, 2.05) is 38.1 Å². The van der Waals surface area contributed by atoms with E-state index in [9.17, 15) is 19.5 Å². The van der Waals surface area contributed by atoms with E-state index in [1.54, 1.807) is 65.8 Å². The highest BCUT2D eigenvalue weighted by molar-refractivity contribution is 6.00. The van der Waals surface area contributed by atoms with Gasteiger partial charge in [-0.05, 0) is 72.1 Å². The maximum Gasteiger partial charge on any atom is 0.408 e. The maximum absolute atomic E-state index is 13.9. The van der Waals surface area contributed by atoms with E-state index in [-0.39, 0.29) is 0 Å². The topological polar surface area (TPSA) is 108 Å². The van der Waals surface area contributed by atoms with Crippen molar-refractivity contribution in [3.63, 3.8) is 0 Å². The highest BCUT2D eigenvalue weighted by Gasteiger charge is 2.42. The third-order valence-electron chi connectivity index (χ3n) is 5.48. The van der Waals surface area contributed by atoms with Crippen LogP contribution in [0.2, 0.25) is 0 Å². The number of amides is 3. The van der Waals surface area contributed by atoms with Gasteiger partial charge in [0.1, 0.15) is 17.7 Å². The summed E-state index contributed by atoms with van der Waals surface area (Å²) < 4.78 is 5.27. The second-order valence-electron chi connectivity index (χ2n) is 10.8. The lowest BCUT2D eigenvalue weighted by molar-refractivity contribution is -0.147. The number of carbonyl (C=O) groups excluding carboxylic acids is 3. The Labute approximate surface area is 214 Å². The van der Waals surface area contributed by atoms with Crippen LogP contribution in [0.25, 0.3) is 0 Å². The molecule has 2 unspecified atom stereocenters. The molecule has 2 aromatic rings. The fourth-order valence-electron chi connectivity index (χ4n) is 3.90. The minimum Gasteiger partial charge on any atom is -0.444 e. The molecule has 0 bridgehead atoms. The molecule has 0 aliphatic carbocycles. The SMILES string of the molecule is Cc1cccc(C)c1NC(=O)C(c1ccccc1)N(C(=O)C(CO)NC(=O)OC(C)(C)C)C(C)(C)C. The van der Waals surface area contributed by atoms with Gasteiger partial charge >= 0.3 is 6.09 Å². The third kappa shape index (κ3) is 7.55. The van der Waals surface area contributed by atoms with Gasteiger partial charge in [0.15, 0.2) is 0 Å². The summed E-state index contributed by atoms with van der Waals surface area (Å²) >= 11 is 0. The van der Waals surface area contributed by atoms with Gasteiger partial charge in [-0.25, -0.2) is 4.79 Å². The van der Waals surface area contributed by atoms with E-state index >= 15 is 0 Å². The fraction of sp³-hybridized carbons (Fsp3) is 0.464. The first-order chi connectivity index (χ1) is 16.7. The van der Waals surface area contributed by atoms with Crippen LogP contribution in [0.1, 0.15) is 64.3 Å². The van der Waals surface area contributed by atoms with Gasteiger partial charge in [0.25, 0.3) is 5.91 Å². The number of nitrogens with one attached hydrogen (secondary N) is 2. The van der Waals surface area contributed by atoms with Gasteiger partial charge in [-0.1, -0.05) is 48.5 Å². The molecule has 2 aromatic carbocycles. The van der Waals surface area contributed by atoms with Gasteiger partial charge in [-0.3, -0.25) is 9.59 Å². The number of rotatable bonds is 7. The number of alkyl carbamates (subject to hydrolysis) is 1. The molecular formula is C28H39N3O5. The van der Waals surface area contributed by atoms with Crippen molar-refractivity contribution in [3.8, 4) is 0 Å². The molecule has 196 valence electrons. The number of nitrogens with zero attached hydrogens (tertiary/aromatic N) is 1. The molecule has 8 nitrogen and oxygen atoms in total. The monoisotopic (exact) mass is 497 g/mol. The predicted octanol–water partition coefficient (Wildman–Crippen LogP) is 4.50. The van der Waals surface area contributed by atoms with Crippen LogP contribution >= 0.6 is 0 Å². The van der Waals surface area contributed by atoms with Crippen molar-refractivity contribution >= 4 is 23.6 Å². The van der Waals surface area contributed by atoms with Gasteiger partial charge in [0, 0.05) is 11.2 Å². The Morgan fingerprint density at radius 3 is 1.94 bits per heavy atom. The predicted molar refractivity (Wildman–Crippen MR) is 141 cm³/mol. The van der Waals surface area contributed by atoms with Crippen molar-refractivity contribution in [3.05, 3.63) is 65.2 Å². The summed E-state index contributed by atoms with van der Waals surface area (Å²) in [4.78, 5) is 41.5. The summed E-state index contributed by atoms with van der Waals surface area (Å²) in [6, 6.07) is 12.3. The molecule has 0 spiro atoms. The van der Waals surface area contributed by atoms with Crippen LogP contribution < -0.4 is 10.6 Å². The van der Waals surface area contributed by atoms with Crippen LogP contribution in [0, 0.1) is 13.8 Å². The first kappa shape index (κ1) is 28.8. The zero-order chi connectivity index (χ0) is 27.3. The number of aliphatic hydroxyl groups is 1. The van der Waals surface area contributed by atoms with Crippen LogP contribution in [-0.2, 0) is 14.3 Å². The molecule has 36 heavy (non-hydrogen) atoms. The number of carbonyl (C=O) groups is 3. The van der Waals surface area contributed by atoms with E-state index < -0.39 is 47.7 Å². The van der Waals surface area contributed by atoms with Gasteiger partial charge in [0.2, 0.25) is 5.91 Å². The minimum absolute atomic E-state index is 0.407. The van der Waals surface area contributed by atoms with Gasteiger partial charge in [-0.15, -0.1) is 0 Å². The molecule has 3 N–H and O–H groups in total. The summed E-state index contributed by atoms with van der Waals surface area (Å²) in [5.74, 6) is -1.02. The number of ether oxygens (including phenoxy) is 1. The smallest absolute Gasteiger partial charge is 0.408 e. The van der Waals surface area contributed by atoms with E-state index in [2.05, 4.69) is 10.6 Å². The average molecular weight is 498 g/mol. The van der Waals surface area contributed by atoms with Crippen molar-refractivity contribution in [1.82, 2.24) is 10.2 Å². The maximum atomic E-state index is 13.9. The van der Waals surface area contributed by atoms with E-state index in [0.717, 1.165) is 11.1 Å². The Kier molecular flexibility index (Phi) is 9.26. The number of anilines is 1. The van der Waals surface area contributed by atoms with Crippen molar-refractivity contribution < 1.29 is 24.2 Å². The fourth-order valence-corrected chi connectivity index (χ4v) is 3.90. The largest absolute Gasteiger partial charge is 0.444 e. The molecule has 0 saturated carbocycles. The lowest BCUT2D eigenvalue weighted by Crippen LogP contribution is -2.59. The molecule has 0 aliphatic heterocycles. The van der Waals surface area contributed by atoms with Crippen molar-refractivity contribution in [2.45, 2.75) is 78.6 Å². The van der Waals surface area contributed by atoms with Crippen LogP contribution in [-0.4, -0.2) is 51.7 Å². The highest BCUT2D eigenvalue weighted by atomic mass is 16.6. The lowest BCUT2D eigenvalue weighted by atomic mass is 9.95. The Hall–Kier alpha value is -3.39. The zero-order valence-electron chi connectivity index (χ0n) is 22.5. The van der Waals surface area contributed by atoms with Crippen LogP contribution in [0.5, 0.6) is 0 Å². The van der Waals surface area contributed by atoms with Crippen molar-refractivity contribution in [2.24, 2.45) is 0 Å². The number of hydrogen-bond acceptors (Lipinski definition) is 5. The molecule has 2 atom stereocenters. The van der Waals surface area contributed by atoms with Crippen LogP contribution in [0.3, 0.4) is 0 Å². The zero-order valence-corrected chi connectivity index (χ0v) is 22.5. The summed E-state index contributed by atoms with van der Waals surface area (Å²) in [6.45, 7) is 13.6. The van der Waals surface area contributed by atoms with E-state index in [4.69, 9.17) is 4.74 Å². The number of aryl methyl sites for hydroxylation is 2. The van der Waals surface area contributed by atoms with Gasteiger partial charge < -0.3 is 25.4 Å². The second kappa shape index (κ2) is 11.6. The summed E-state index contributed by atoms with van der Waals surface area (Å²) in [5, 5.41) is 15.5. The first-order valence-electron chi connectivity index (χ1n) is 12.0. The van der Waals surface area contributed by atoms with Crippen molar-refractivity contribution in [2.75, 3.05) is 11.9 Å². The van der Waals surface area contributed by atoms with Crippen LogP contribution in [0.15, 0.2) is 48.5 Å². The standard InChI is InChI=1S/C28H39N3O5/c1-18-13-12-14-19(2)22(18)30-24(33)23(20-15-10-9-11-16-20)31(27(3,4)5)25(34)21(17-32)29-26(35)36-28(6,7)8/h9-16,21,23,32H,17H2,1-8H3,(H,29,35)(H,30,33). The Morgan fingerprint density at radius 2 is 1.47 bits per heavy atom. The van der Waals surface area contributed by atoms with Gasteiger partial charge in [0.05, 0.1) is 6.61 Å². The Morgan fingerprint density at radius 1 is 0.917 bits per heavy atom. The average Bonchev–Trinajstić information content (AvgIpc) is 2.76. The minimum atomic E-state index is -1.31. The number of hydrogen-bond donors (Lipinski definition) is 3. The molecule has 0 radical (unpaired) electrons. The van der Waals surface area contributed by atoms with E-state index in [1.165, 1.54) is 4.90 Å². The van der Waals surface area contributed by atoms with Gasteiger partial charge in [-0.2, -0.15) is 0 Å². The normalized spacial score (nSPS) is 13.4. The molecule has 0 saturated heterocycles. The number of benzene rings is 2. The van der Waals surface area contributed by atoms with E-state index in [0.29, 0.717) is 11.3 Å². The number of para-hydroxylation sites is 1. The summed E-state index contributed by atoms with van der Waals surface area (Å²) in [5.41, 5.74) is 1.43. The van der Waals surface area contributed by atoms with Crippen molar-refractivity contribution in [1.29, 1.82) is 0 Å². The Balaban J connectivity index is 2.53. The molecule has 3 amide bonds. The number of aliphatic hydroxyl groups excluding tert-OH is 1. The second-order valence-corrected chi connectivity index (χ2v) is 10.8. The molecular weight excluding hydrogens is 458 g/mol. The van der Waals surface area contributed by atoms with Crippen LogP contribution in [0.4, 0.5) is 10.5 Å². The quantitative estimate of drug-likeness (QED) is 0.522. The Bertz CT molecular complexity index is 1050.